The van der Waals surface area contributed by atoms with E-state index in [1.807, 2.05) is 6.07 Å². The Morgan fingerprint density at radius 1 is 1.10 bits per heavy atom. The minimum absolute atomic E-state index is 0.743. The molecule has 5 nitrogen and oxygen atoms in total. The van der Waals surface area contributed by atoms with E-state index < -0.39 is 0 Å². The molecule has 0 amide bonds. The Kier molecular flexibility index (Phi) is 4.06. The summed E-state index contributed by atoms with van der Waals surface area (Å²) in [5.74, 6) is 1.55. The molecule has 0 aliphatic carbocycles. The lowest BCUT2D eigenvalue weighted by molar-refractivity contribution is 0.847. The largest absolute Gasteiger partial charge is 0.368 e. The molecule has 20 heavy (non-hydrogen) atoms. The van der Waals surface area contributed by atoms with Crippen molar-refractivity contribution in [2.45, 2.75) is 19.3 Å². The van der Waals surface area contributed by atoms with Crippen LogP contribution in [0.4, 0.5) is 11.8 Å². The van der Waals surface area contributed by atoms with Crippen molar-refractivity contribution >= 4 is 11.8 Å². The molecule has 1 aromatic heterocycles. The number of hydrogen-bond donors (Lipinski definition) is 1. The highest BCUT2D eigenvalue weighted by Gasteiger charge is 2.15. The van der Waals surface area contributed by atoms with E-state index in [0.717, 1.165) is 37.8 Å². The Balaban J connectivity index is 1.56. The fourth-order valence-corrected chi connectivity index (χ4v) is 2.41. The number of nitrogens with one attached hydrogen (secondary N) is 1. The lowest BCUT2D eigenvalue weighted by Crippen LogP contribution is -2.21. The van der Waals surface area contributed by atoms with Gasteiger partial charge in [0.25, 0.3) is 0 Å². The Bertz CT molecular complexity index is 537. The van der Waals surface area contributed by atoms with Gasteiger partial charge in [-0.15, -0.1) is 5.10 Å². The van der Waals surface area contributed by atoms with Crippen LogP contribution in [0.1, 0.15) is 18.4 Å². The number of nitrogens with zero attached hydrogens (tertiary/aromatic N) is 4. The van der Waals surface area contributed by atoms with Crippen molar-refractivity contribution < 1.29 is 0 Å². The first kappa shape index (κ1) is 12.8. The van der Waals surface area contributed by atoms with Gasteiger partial charge in [-0.2, -0.15) is 10.1 Å². The van der Waals surface area contributed by atoms with Gasteiger partial charge in [-0.1, -0.05) is 30.3 Å². The SMILES string of the molecule is c1ccc(CCNc2cnnc(N3CCCC3)n2)cc1. The Morgan fingerprint density at radius 2 is 1.90 bits per heavy atom. The van der Waals surface area contributed by atoms with Gasteiger partial charge in [0.15, 0.2) is 5.82 Å². The maximum Gasteiger partial charge on any atom is 0.247 e. The van der Waals surface area contributed by atoms with Crippen molar-refractivity contribution in [2.75, 3.05) is 29.9 Å². The number of hydrogen-bond acceptors (Lipinski definition) is 5. The van der Waals surface area contributed by atoms with E-state index in [4.69, 9.17) is 0 Å². The van der Waals surface area contributed by atoms with Crippen LogP contribution in [0.5, 0.6) is 0 Å². The van der Waals surface area contributed by atoms with Gasteiger partial charge in [-0.25, -0.2) is 0 Å². The summed E-state index contributed by atoms with van der Waals surface area (Å²) in [5, 5.41) is 11.5. The molecule has 0 spiro atoms. The van der Waals surface area contributed by atoms with Crippen LogP contribution < -0.4 is 10.2 Å². The summed E-state index contributed by atoms with van der Waals surface area (Å²) >= 11 is 0. The van der Waals surface area contributed by atoms with Gasteiger partial charge >= 0.3 is 0 Å². The highest BCUT2D eigenvalue weighted by molar-refractivity contribution is 5.39. The lowest BCUT2D eigenvalue weighted by atomic mass is 10.1. The summed E-state index contributed by atoms with van der Waals surface area (Å²) in [4.78, 5) is 6.72. The molecule has 1 aromatic carbocycles. The van der Waals surface area contributed by atoms with Gasteiger partial charge in [-0.05, 0) is 24.8 Å². The average Bonchev–Trinajstić information content (AvgIpc) is 3.03. The third-order valence-corrected chi connectivity index (χ3v) is 3.50. The van der Waals surface area contributed by atoms with Gasteiger partial charge < -0.3 is 10.2 Å². The number of benzene rings is 1. The van der Waals surface area contributed by atoms with E-state index in [1.54, 1.807) is 6.20 Å². The molecule has 2 heterocycles. The van der Waals surface area contributed by atoms with Gasteiger partial charge in [0.1, 0.15) is 0 Å². The standard InChI is InChI=1S/C15H19N5/c1-2-6-13(7-3-1)8-9-16-14-12-17-19-15(18-14)20-10-4-5-11-20/h1-3,6-7,12H,4-5,8-11H2,(H,16,18,19). The summed E-state index contributed by atoms with van der Waals surface area (Å²) in [6.07, 6.45) is 5.10. The van der Waals surface area contributed by atoms with E-state index >= 15 is 0 Å². The molecule has 1 saturated heterocycles. The quantitative estimate of drug-likeness (QED) is 0.901. The molecular formula is C15H19N5. The molecule has 0 atom stereocenters. The van der Waals surface area contributed by atoms with Crippen molar-refractivity contribution in [3.05, 3.63) is 42.1 Å². The van der Waals surface area contributed by atoms with Crippen molar-refractivity contribution in [3.63, 3.8) is 0 Å². The highest BCUT2D eigenvalue weighted by Crippen LogP contribution is 2.15. The van der Waals surface area contributed by atoms with Crippen molar-refractivity contribution in [1.29, 1.82) is 0 Å². The summed E-state index contributed by atoms with van der Waals surface area (Å²) in [6.45, 7) is 2.92. The maximum atomic E-state index is 4.53. The average molecular weight is 269 g/mol. The molecule has 0 saturated carbocycles. The zero-order valence-corrected chi connectivity index (χ0v) is 11.5. The fraction of sp³-hybridized carbons (Fsp3) is 0.400. The molecule has 1 aliphatic heterocycles. The van der Waals surface area contributed by atoms with Crippen LogP contribution in [0.25, 0.3) is 0 Å². The molecule has 3 rings (SSSR count). The Morgan fingerprint density at radius 3 is 2.70 bits per heavy atom. The molecule has 5 heteroatoms. The monoisotopic (exact) mass is 269 g/mol. The number of anilines is 2. The van der Waals surface area contributed by atoms with Gasteiger partial charge in [0.05, 0.1) is 6.20 Å². The second-order valence-electron chi connectivity index (χ2n) is 5.00. The van der Waals surface area contributed by atoms with Crippen molar-refractivity contribution in [2.24, 2.45) is 0 Å². The molecule has 0 bridgehead atoms. The van der Waals surface area contributed by atoms with Crippen LogP contribution in [0, 0.1) is 0 Å². The van der Waals surface area contributed by atoms with Crippen LogP contribution in [0.2, 0.25) is 0 Å². The van der Waals surface area contributed by atoms with E-state index in [0.29, 0.717) is 0 Å². The fourth-order valence-electron chi connectivity index (χ4n) is 2.41. The van der Waals surface area contributed by atoms with Crippen molar-refractivity contribution in [1.82, 2.24) is 15.2 Å². The normalized spacial score (nSPS) is 14.5. The zero-order valence-electron chi connectivity index (χ0n) is 11.5. The van der Waals surface area contributed by atoms with Gasteiger partial charge in [-0.3, -0.25) is 0 Å². The molecule has 1 fully saturated rings. The van der Waals surface area contributed by atoms with Crippen LogP contribution >= 0.6 is 0 Å². The first-order chi connectivity index (χ1) is 9.92. The van der Waals surface area contributed by atoms with E-state index in [2.05, 4.69) is 49.7 Å². The number of aromatic nitrogens is 3. The summed E-state index contributed by atoms with van der Waals surface area (Å²) in [7, 11) is 0. The van der Waals surface area contributed by atoms with E-state index in [-0.39, 0.29) is 0 Å². The zero-order chi connectivity index (χ0) is 13.6. The minimum atomic E-state index is 0.743. The highest BCUT2D eigenvalue weighted by atomic mass is 15.3. The summed E-state index contributed by atoms with van der Waals surface area (Å²) in [5.41, 5.74) is 1.32. The first-order valence-corrected chi connectivity index (χ1v) is 7.14. The summed E-state index contributed by atoms with van der Waals surface area (Å²) < 4.78 is 0. The van der Waals surface area contributed by atoms with Crippen molar-refractivity contribution in [3.8, 4) is 0 Å². The van der Waals surface area contributed by atoms with Crippen LogP contribution in [-0.2, 0) is 6.42 Å². The Hall–Kier alpha value is -2.17. The molecule has 0 radical (unpaired) electrons. The predicted octanol–water partition coefficient (Wildman–Crippen LogP) is 2.13. The third kappa shape index (κ3) is 3.23. The molecule has 2 aromatic rings. The predicted molar refractivity (Wildman–Crippen MR) is 79.9 cm³/mol. The second-order valence-corrected chi connectivity index (χ2v) is 5.00. The topological polar surface area (TPSA) is 53.9 Å². The number of rotatable bonds is 5. The Labute approximate surface area is 119 Å². The van der Waals surface area contributed by atoms with E-state index in [9.17, 15) is 0 Å². The van der Waals surface area contributed by atoms with Gasteiger partial charge in [0.2, 0.25) is 5.95 Å². The lowest BCUT2D eigenvalue weighted by Gasteiger charge is -2.14. The second kappa shape index (κ2) is 6.32. The maximum absolute atomic E-state index is 4.53. The smallest absolute Gasteiger partial charge is 0.247 e. The van der Waals surface area contributed by atoms with E-state index in [1.165, 1.54) is 18.4 Å². The van der Waals surface area contributed by atoms with Crippen LogP contribution in [0.3, 0.4) is 0 Å². The van der Waals surface area contributed by atoms with Crippen LogP contribution in [-0.4, -0.2) is 34.8 Å². The molecule has 1 aliphatic rings. The molecular weight excluding hydrogens is 250 g/mol. The first-order valence-electron chi connectivity index (χ1n) is 7.14. The summed E-state index contributed by atoms with van der Waals surface area (Å²) in [6, 6.07) is 10.4. The van der Waals surface area contributed by atoms with Crippen LogP contribution in [0.15, 0.2) is 36.5 Å². The third-order valence-electron chi connectivity index (χ3n) is 3.50. The minimum Gasteiger partial charge on any atom is -0.368 e. The molecule has 0 unspecified atom stereocenters. The molecule has 104 valence electrons. The van der Waals surface area contributed by atoms with Gasteiger partial charge in [0, 0.05) is 19.6 Å². The molecule has 1 N–H and O–H groups in total.